The second kappa shape index (κ2) is 9.93. The lowest BCUT2D eigenvalue weighted by molar-refractivity contribution is 0.184. The number of piperidine rings is 1. The Labute approximate surface area is 140 Å². The van der Waals surface area contributed by atoms with Gasteiger partial charge in [0.2, 0.25) is 0 Å². The maximum Gasteiger partial charge on any atom is 0.315 e. The quantitative estimate of drug-likeness (QED) is 0.630. The van der Waals surface area contributed by atoms with Gasteiger partial charge in [-0.25, -0.2) is 4.79 Å². The van der Waals surface area contributed by atoms with Gasteiger partial charge < -0.3 is 15.7 Å². The molecule has 1 atom stereocenters. The lowest BCUT2D eigenvalue weighted by Gasteiger charge is -2.33. The van der Waals surface area contributed by atoms with Crippen LogP contribution in [0.5, 0.6) is 0 Å². The lowest BCUT2D eigenvalue weighted by Crippen LogP contribution is -2.51. The van der Waals surface area contributed by atoms with E-state index in [1.165, 1.54) is 32.1 Å². The van der Waals surface area contributed by atoms with Crippen molar-refractivity contribution in [3.63, 3.8) is 0 Å². The number of amides is 2. The van der Waals surface area contributed by atoms with E-state index in [-0.39, 0.29) is 24.7 Å². The second-order valence-corrected chi connectivity index (χ2v) is 7.00. The third kappa shape index (κ3) is 6.15. The van der Waals surface area contributed by atoms with Gasteiger partial charge in [-0.2, -0.15) is 0 Å². The highest BCUT2D eigenvalue weighted by molar-refractivity contribution is 5.74. The Kier molecular flexibility index (Phi) is 7.89. The van der Waals surface area contributed by atoms with Gasteiger partial charge in [-0.1, -0.05) is 25.3 Å². The van der Waals surface area contributed by atoms with Crippen LogP contribution in [0.25, 0.3) is 0 Å². The number of hydrogen-bond acceptors (Lipinski definition) is 3. The normalized spacial score (nSPS) is 22.5. The largest absolute Gasteiger partial charge is 0.396 e. The molecule has 5 heteroatoms. The summed E-state index contributed by atoms with van der Waals surface area (Å²) >= 11 is 0. The van der Waals surface area contributed by atoms with Crippen LogP contribution in [0.4, 0.5) is 4.79 Å². The number of nitrogens with zero attached hydrogens (tertiary/aromatic N) is 1. The number of carbonyl (C=O) groups is 1. The smallest absolute Gasteiger partial charge is 0.315 e. The average Bonchev–Trinajstić information content (AvgIpc) is 2.57. The van der Waals surface area contributed by atoms with E-state index in [0.717, 1.165) is 32.5 Å². The number of hydrogen-bond donors (Lipinski definition) is 3. The molecule has 1 aliphatic heterocycles. The molecular weight excluding hydrogens is 290 g/mol. The predicted octanol–water partition coefficient (Wildman–Crippen LogP) is 2.27. The van der Waals surface area contributed by atoms with E-state index in [2.05, 4.69) is 22.1 Å². The van der Waals surface area contributed by atoms with Gasteiger partial charge in [0.25, 0.3) is 0 Å². The first kappa shape index (κ1) is 18.3. The highest BCUT2D eigenvalue weighted by atomic mass is 16.3. The maximum absolute atomic E-state index is 12.3. The molecule has 0 spiro atoms. The van der Waals surface area contributed by atoms with Crippen LogP contribution in [0.2, 0.25) is 0 Å². The summed E-state index contributed by atoms with van der Waals surface area (Å²) in [6.45, 7) is 6.87. The number of nitrogens with one attached hydrogen (secondary N) is 2. The zero-order valence-electron chi connectivity index (χ0n) is 14.3. The molecule has 1 saturated carbocycles. The minimum Gasteiger partial charge on any atom is -0.396 e. The van der Waals surface area contributed by atoms with Crippen molar-refractivity contribution in [1.82, 2.24) is 15.5 Å². The first-order chi connectivity index (χ1) is 11.2. The fourth-order valence-electron chi connectivity index (χ4n) is 3.94. The van der Waals surface area contributed by atoms with E-state index in [1.54, 1.807) is 0 Å². The molecule has 0 bridgehead atoms. The summed E-state index contributed by atoms with van der Waals surface area (Å²) in [6.07, 6.45) is 10.7. The third-order valence-corrected chi connectivity index (χ3v) is 5.29. The molecule has 0 aromatic heterocycles. The maximum atomic E-state index is 12.3. The Morgan fingerprint density at radius 3 is 2.52 bits per heavy atom. The van der Waals surface area contributed by atoms with Crippen LogP contribution in [0.3, 0.4) is 0 Å². The van der Waals surface area contributed by atoms with Crippen molar-refractivity contribution in [3.05, 3.63) is 12.7 Å². The summed E-state index contributed by atoms with van der Waals surface area (Å²) in [6, 6.07) is 0.314. The number of urea groups is 1. The first-order valence-corrected chi connectivity index (χ1v) is 9.24. The molecule has 2 rings (SSSR count). The Morgan fingerprint density at radius 2 is 1.91 bits per heavy atom. The van der Waals surface area contributed by atoms with Crippen LogP contribution < -0.4 is 10.6 Å². The average molecular weight is 323 g/mol. The van der Waals surface area contributed by atoms with Crippen LogP contribution >= 0.6 is 0 Å². The zero-order valence-corrected chi connectivity index (χ0v) is 14.3. The van der Waals surface area contributed by atoms with Gasteiger partial charge in [0.15, 0.2) is 0 Å². The Hall–Kier alpha value is -1.07. The fraction of sp³-hybridized carbons (Fsp3) is 0.833. The topological polar surface area (TPSA) is 64.6 Å². The molecule has 2 amide bonds. The standard InChI is InChI=1S/C18H33N3O2/c1-2-11-21-12-8-16(9-13-21)19-18(23)20-17(10-14-22)15-6-4-3-5-7-15/h2,15-17,22H,1,3-14H2,(H2,19,20,23). The van der Waals surface area contributed by atoms with Crippen LogP contribution in [0.1, 0.15) is 51.4 Å². The molecule has 0 radical (unpaired) electrons. The fourth-order valence-corrected chi connectivity index (χ4v) is 3.94. The third-order valence-electron chi connectivity index (χ3n) is 5.29. The molecule has 2 aliphatic rings. The highest BCUT2D eigenvalue weighted by Crippen LogP contribution is 2.27. The summed E-state index contributed by atoms with van der Waals surface area (Å²) < 4.78 is 0. The van der Waals surface area contributed by atoms with Crippen molar-refractivity contribution < 1.29 is 9.90 Å². The Morgan fingerprint density at radius 1 is 1.22 bits per heavy atom. The van der Waals surface area contributed by atoms with E-state index in [0.29, 0.717) is 12.3 Å². The monoisotopic (exact) mass is 323 g/mol. The summed E-state index contributed by atoms with van der Waals surface area (Å²) in [5.41, 5.74) is 0. The van der Waals surface area contributed by atoms with Crippen LogP contribution in [0.15, 0.2) is 12.7 Å². The summed E-state index contributed by atoms with van der Waals surface area (Å²) in [7, 11) is 0. The minimum absolute atomic E-state index is 0.0591. The van der Waals surface area contributed by atoms with Gasteiger partial charge in [-0.15, -0.1) is 6.58 Å². The number of likely N-dealkylation sites (tertiary alicyclic amines) is 1. The summed E-state index contributed by atoms with van der Waals surface area (Å²) in [5.74, 6) is 0.524. The lowest BCUT2D eigenvalue weighted by atomic mass is 9.83. The van der Waals surface area contributed by atoms with E-state index < -0.39 is 0 Å². The van der Waals surface area contributed by atoms with Crippen molar-refractivity contribution in [2.24, 2.45) is 5.92 Å². The Balaban J connectivity index is 1.74. The number of rotatable bonds is 7. The van der Waals surface area contributed by atoms with Gasteiger partial charge in [-0.3, -0.25) is 4.90 Å². The minimum atomic E-state index is -0.0591. The molecule has 23 heavy (non-hydrogen) atoms. The SMILES string of the molecule is C=CCN1CCC(NC(=O)NC(CCO)C2CCCCC2)CC1. The van der Waals surface area contributed by atoms with Gasteiger partial charge in [-0.05, 0) is 38.0 Å². The molecule has 3 N–H and O–H groups in total. The molecule has 1 heterocycles. The Bertz CT molecular complexity index is 361. The van der Waals surface area contributed by atoms with Crippen molar-refractivity contribution in [3.8, 4) is 0 Å². The molecule has 1 unspecified atom stereocenters. The van der Waals surface area contributed by atoms with Crippen molar-refractivity contribution in [2.45, 2.75) is 63.5 Å². The van der Waals surface area contributed by atoms with Gasteiger partial charge in [0.05, 0.1) is 0 Å². The van der Waals surface area contributed by atoms with Crippen molar-refractivity contribution >= 4 is 6.03 Å². The predicted molar refractivity (Wildman–Crippen MR) is 93.4 cm³/mol. The highest BCUT2D eigenvalue weighted by Gasteiger charge is 2.26. The molecule has 5 nitrogen and oxygen atoms in total. The van der Waals surface area contributed by atoms with E-state index in [9.17, 15) is 9.90 Å². The van der Waals surface area contributed by atoms with Crippen LogP contribution in [-0.4, -0.2) is 54.4 Å². The van der Waals surface area contributed by atoms with Crippen molar-refractivity contribution in [1.29, 1.82) is 0 Å². The molecule has 1 saturated heterocycles. The van der Waals surface area contributed by atoms with Crippen LogP contribution in [0, 0.1) is 5.92 Å². The van der Waals surface area contributed by atoms with Gasteiger partial charge in [0, 0.05) is 38.3 Å². The van der Waals surface area contributed by atoms with Crippen molar-refractivity contribution in [2.75, 3.05) is 26.2 Å². The number of aliphatic hydroxyl groups is 1. The summed E-state index contributed by atoms with van der Waals surface area (Å²) in [5, 5.41) is 15.6. The molecule has 2 fully saturated rings. The first-order valence-electron chi connectivity index (χ1n) is 9.24. The van der Waals surface area contributed by atoms with Gasteiger partial charge in [0.1, 0.15) is 0 Å². The van der Waals surface area contributed by atoms with E-state index in [4.69, 9.17) is 0 Å². The molecule has 132 valence electrons. The molecule has 0 aromatic rings. The molecule has 0 aromatic carbocycles. The zero-order chi connectivity index (χ0) is 16.5. The number of carbonyl (C=O) groups excluding carboxylic acids is 1. The number of aliphatic hydroxyl groups excluding tert-OH is 1. The van der Waals surface area contributed by atoms with E-state index in [1.807, 2.05) is 6.08 Å². The van der Waals surface area contributed by atoms with Crippen LogP contribution in [-0.2, 0) is 0 Å². The second-order valence-electron chi connectivity index (χ2n) is 7.00. The van der Waals surface area contributed by atoms with E-state index >= 15 is 0 Å². The summed E-state index contributed by atoms with van der Waals surface area (Å²) in [4.78, 5) is 14.7. The van der Waals surface area contributed by atoms with Gasteiger partial charge >= 0.3 is 6.03 Å². The molecule has 1 aliphatic carbocycles. The molecular formula is C18H33N3O2.